The van der Waals surface area contributed by atoms with E-state index >= 15 is 0 Å². The van der Waals surface area contributed by atoms with Crippen molar-refractivity contribution in [1.82, 2.24) is 5.32 Å². The zero-order chi connectivity index (χ0) is 14.0. The third-order valence-corrected chi connectivity index (χ3v) is 2.52. The molecule has 17 heavy (non-hydrogen) atoms. The van der Waals surface area contributed by atoms with Gasteiger partial charge in [-0.25, -0.2) is 0 Å². The second-order valence-electron chi connectivity index (χ2n) is 3.64. The van der Waals surface area contributed by atoms with E-state index < -0.39 is 11.9 Å². The Balaban J connectivity index is 0. The first-order valence-electron chi connectivity index (χ1n) is 4.88. The van der Waals surface area contributed by atoms with Gasteiger partial charge in [0.2, 0.25) is 5.91 Å². The van der Waals surface area contributed by atoms with Crippen molar-refractivity contribution >= 4 is 58.6 Å². The predicted molar refractivity (Wildman–Crippen MR) is 87.3 cm³/mol. The average molecular weight is 489 g/mol. The van der Waals surface area contributed by atoms with E-state index in [1.807, 2.05) is 0 Å². The topological polar surface area (TPSA) is 75.6 Å². The molecule has 5 nitrogen and oxygen atoms in total. The average Bonchev–Trinajstić information content (AvgIpc) is 2.26. The molecule has 0 radical (unpaired) electrons. The van der Waals surface area contributed by atoms with Gasteiger partial charge in [-0.1, -0.05) is 6.92 Å². The molecular weight excluding hydrogens is 471 g/mol. The van der Waals surface area contributed by atoms with Crippen LogP contribution >= 0.6 is 46.7 Å². The lowest BCUT2D eigenvalue weighted by Gasteiger charge is -2.24. The summed E-state index contributed by atoms with van der Waals surface area (Å²) >= 11 is 4.24. The van der Waals surface area contributed by atoms with Gasteiger partial charge in [-0.2, -0.15) is 0 Å². The molecule has 0 aromatic heterocycles. The molecule has 0 fully saturated rings. The molecule has 0 spiro atoms. The lowest BCUT2D eigenvalue weighted by atomic mass is 9.99. The van der Waals surface area contributed by atoms with Crippen LogP contribution < -0.4 is 5.32 Å². The van der Waals surface area contributed by atoms with Gasteiger partial charge >= 0.3 is 5.97 Å². The standard InChI is InChI=1S/C9H18NO4P.I2/c1-5(9(12)13)4-8(14-15)6(2)10-7(3)11;1-2/h5-6,8H,4,15H2,1-3H3,(H,10,11)(H,12,13);/t5-,6+,8?;/m1./s1. The Bertz CT molecular complexity index is 243. The van der Waals surface area contributed by atoms with Gasteiger partial charge in [-0.05, 0) is 13.3 Å². The Hall–Kier alpha value is 0.790. The smallest absolute Gasteiger partial charge is 0.306 e. The van der Waals surface area contributed by atoms with Crippen LogP contribution in [0.5, 0.6) is 0 Å². The second-order valence-corrected chi connectivity index (χ2v) is 3.91. The van der Waals surface area contributed by atoms with E-state index in [1.165, 1.54) is 6.92 Å². The van der Waals surface area contributed by atoms with Crippen LogP contribution in [0.4, 0.5) is 0 Å². The van der Waals surface area contributed by atoms with Crippen LogP contribution in [0.2, 0.25) is 0 Å². The van der Waals surface area contributed by atoms with Crippen molar-refractivity contribution < 1.29 is 19.2 Å². The van der Waals surface area contributed by atoms with Crippen LogP contribution in [0.15, 0.2) is 0 Å². The number of nitrogens with one attached hydrogen (secondary N) is 1. The normalized spacial score (nSPS) is 14.9. The zero-order valence-corrected chi connectivity index (χ0v) is 15.4. The molecule has 0 saturated heterocycles. The van der Waals surface area contributed by atoms with E-state index in [2.05, 4.69) is 52.0 Å². The highest BCUT2D eigenvalue weighted by molar-refractivity contribution is 15.0. The second kappa shape index (κ2) is 11.9. The van der Waals surface area contributed by atoms with Crippen LogP contribution in [0, 0.1) is 5.92 Å². The highest BCUT2D eigenvalue weighted by atomic mass is 128. The van der Waals surface area contributed by atoms with Crippen molar-refractivity contribution in [3.05, 3.63) is 0 Å². The van der Waals surface area contributed by atoms with Gasteiger partial charge in [-0.15, -0.1) is 0 Å². The van der Waals surface area contributed by atoms with Gasteiger partial charge < -0.3 is 14.9 Å². The molecule has 0 aliphatic heterocycles. The lowest BCUT2D eigenvalue weighted by molar-refractivity contribution is -0.142. The Morgan fingerprint density at radius 1 is 1.41 bits per heavy atom. The monoisotopic (exact) mass is 489 g/mol. The summed E-state index contributed by atoms with van der Waals surface area (Å²) in [7, 11) is 2.10. The maximum atomic E-state index is 10.8. The van der Waals surface area contributed by atoms with E-state index in [4.69, 9.17) is 9.63 Å². The van der Waals surface area contributed by atoms with Gasteiger partial charge in [0.05, 0.1) is 18.1 Å². The zero-order valence-electron chi connectivity index (χ0n) is 9.94. The predicted octanol–water partition coefficient (Wildman–Crippen LogP) is 2.57. The maximum Gasteiger partial charge on any atom is 0.306 e. The third-order valence-electron chi connectivity index (χ3n) is 2.17. The summed E-state index contributed by atoms with van der Waals surface area (Å²) in [5.41, 5.74) is 0. The van der Waals surface area contributed by atoms with E-state index in [0.29, 0.717) is 6.42 Å². The first-order chi connectivity index (χ1) is 7.88. The molecule has 2 N–H and O–H groups in total. The number of hydrogen-bond acceptors (Lipinski definition) is 3. The number of carbonyl (C=O) groups excluding carboxylic acids is 1. The maximum absolute atomic E-state index is 10.8. The van der Waals surface area contributed by atoms with Crippen molar-refractivity contribution in [2.45, 2.75) is 39.3 Å². The third kappa shape index (κ3) is 10.4. The van der Waals surface area contributed by atoms with Crippen LogP contribution in [0.25, 0.3) is 0 Å². The quantitative estimate of drug-likeness (QED) is 0.445. The van der Waals surface area contributed by atoms with E-state index in [0.717, 1.165) is 0 Å². The van der Waals surface area contributed by atoms with Crippen LogP contribution in [0.3, 0.4) is 0 Å². The van der Waals surface area contributed by atoms with Crippen LogP contribution in [0.1, 0.15) is 27.2 Å². The number of carbonyl (C=O) groups is 2. The summed E-state index contributed by atoms with van der Waals surface area (Å²) < 4.78 is 5.07. The molecule has 0 rings (SSSR count). The molecule has 4 atom stereocenters. The highest BCUT2D eigenvalue weighted by Gasteiger charge is 2.23. The summed E-state index contributed by atoms with van der Waals surface area (Å²) in [4.78, 5) is 21.5. The lowest BCUT2D eigenvalue weighted by Crippen LogP contribution is -2.41. The molecule has 0 aliphatic rings. The Kier molecular flexibility index (Phi) is 14.0. The van der Waals surface area contributed by atoms with Crippen molar-refractivity contribution in [3.8, 4) is 0 Å². The number of amides is 1. The Labute approximate surface area is 127 Å². The van der Waals surface area contributed by atoms with Gasteiger partial charge in [-0.3, -0.25) is 9.59 Å². The van der Waals surface area contributed by atoms with Crippen molar-refractivity contribution in [1.29, 1.82) is 0 Å². The molecule has 0 aromatic rings. The molecular formula is C9H18I2NO4P. The summed E-state index contributed by atoms with van der Waals surface area (Å²) in [6, 6.07) is -0.207. The fourth-order valence-electron chi connectivity index (χ4n) is 1.24. The SMILES string of the molecule is CC(=O)N[C@@H](C)C(C[C@@H](C)C(=O)O)OP.II. The minimum absolute atomic E-state index is 0.155. The van der Waals surface area contributed by atoms with Crippen molar-refractivity contribution in [2.75, 3.05) is 0 Å². The van der Waals surface area contributed by atoms with Crippen molar-refractivity contribution in [3.63, 3.8) is 0 Å². The van der Waals surface area contributed by atoms with E-state index in [-0.39, 0.29) is 18.1 Å². The summed E-state index contributed by atoms with van der Waals surface area (Å²) in [5, 5.41) is 11.4. The van der Waals surface area contributed by atoms with Crippen LogP contribution in [-0.2, 0) is 14.1 Å². The molecule has 0 heterocycles. The molecule has 8 heteroatoms. The summed E-state index contributed by atoms with van der Waals surface area (Å²) in [5.74, 6) is -1.51. The number of rotatable bonds is 6. The first kappa shape index (κ1) is 20.1. The van der Waals surface area contributed by atoms with Gasteiger partial charge in [0.15, 0.2) is 0 Å². The largest absolute Gasteiger partial charge is 0.481 e. The number of aliphatic carboxylic acids is 1. The minimum Gasteiger partial charge on any atom is -0.481 e. The van der Waals surface area contributed by atoms with Gasteiger partial charge in [0.25, 0.3) is 0 Å². The minimum atomic E-state index is -0.864. The van der Waals surface area contributed by atoms with Crippen molar-refractivity contribution in [2.24, 2.45) is 5.92 Å². The molecule has 0 aliphatic carbocycles. The molecule has 0 aromatic carbocycles. The molecule has 0 bridgehead atoms. The molecule has 1 amide bonds. The Morgan fingerprint density at radius 3 is 2.18 bits per heavy atom. The molecule has 102 valence electrons. The van der Waals surface area contributed by atoms with Crippen LogP contribution in [-0.4, -0.2) is 29.1 Å². The van der Waals surface area contributed by atoms with Gasteiger partial charge in [0.1, 0.15) is 0 Å². The highest BCUT2D eigenvalue weighted by Crippen LogP contribution is 2.15. The van der Waals surface area contributed by atoms with E-state index in [9.17, 15) is 9.59 Å². The van der Waals surface area contributed by atoms with E-state index in [1.54, 1.807) is 13.8 Å². The van der Waals surface area contributed by atoms with Gasteiger partial charge in [0, 0.05) is 53.6 Å². The fraction of sp³-hybridized carbons (Fsp3) is 0.778. The number of halogens is 2. The number of hydrogen-bond donors (Lipinski definition) is 2. The molecule has 2 unspecified atom stereocenters. The summed E-state index contributed by atoms with van der Waals surface area (Å²) in [6.45, 7) is 4.81. The molecule has 0 saturated carbocycles. The summed E-state index contributed by atoms with van der Waals surface area (Å²) in [6.07, 6.45) is 0.0466. The fourth-order valence-corrected chi connectivity index (χ4v) is 1.59. The number of carboxylic acids is 1. The first-order valence-corrected chi connectivity index (χ1v) is 11.6. The Morgan fingerprint density at radius 2 is 1.88 bits per heavy atom. The number of carboxylic acid groups (broad SMARTS) is 1.